The van der Waals surface area contributed by atoms with Crippen molar-refractivity contribution < 1.29 is 9.66 Å². The van der Waals surface area contributed by atoms with Crippen LogP contribution in [0.1, 0.15) is 32.1 Å². The summed E-state index contributed by atoms with van der Waals surface area (Å²) in [6, 6.07) is 2.78. The molecule has 0 amide bonds. The van der Waals surface area contributed by atoms with Gasteiger partial charge in [0.25, 0.3) is 0 Å². The van der Waals surface area contributed by atoms with E-state index in [4.69, 9.17) is 33.7 Å². The van der Waals surface area contributed by atoms with E-state index in [0.717, 1.165) is 32.1 Å². The van der Waals surface area contributed by atoms with Crippen LogP contribution < -0.4 is 10.5 Å². The van der Waals surface area contributed by atoms with Crippen LogP contribution in [0.4, 0.5) is 5.69 Å². The molecular weight excluding hydrogens is 315 g/mol. The maximum absolute atomic E-state index is 11.1. The van der Waals surface area contributed by atoms with Crippen molar-refractivity contribution in [1.82, 2.24) is 0 Å². The summed E-state index contributed by atoms with van der Waals surface area (Å²) >= 11 is 11.8. The fourth-order valence-electron chi connectivity index (χ4n) is 3.58. The number of hydrogen-bond donors (Lipinski definition) is 1. The molecule has 0 radical (unpaired) electrons. The van der Waals surface area contributed by atoms with Gasteiger partial charge in [-0.3, -0.25) is 10.1 Å². The van der Waals surface area contributed by atoms with Crippen molar-refractivity contribution >= 4 is 28.9 Å². The molecule has 5 nitrogen and oxygen atoms in total. The third-order valence-electron chi connectivity index (χ3n) is 4.85. The standard InChI is InChI=1S/C14H16Cl2N2O3/c15-8-5-10(18(19)20)11(6-9(8)16)21-13-7-12(17)14(13)3-1-2-4-14/h5-6,12-13H,1-4,7,17H2. The maximum atomic E-state index is 11.1. The van der Waals surface area contributed by atoms with Gasteiger partial charge in [-0.1, -0.05) is 36.0 Å². The quantitative estimate of drug-likeness (QED) is 0.672. The summed E-state index contributed by atoms with van der Waals surface area (Å²) < 4.78 is 5.92. The van der Waals surface area contributed by atoms with Crippen molar-refractivity contribution in [2.24, 2.45) is 11.1 Å². The van der Waals surface area contributed by atoms with Crippen molar-refractivity contribution in [3.63, 3.8) is 0 Å². The molecule has 1 aromatic carbocycles. The minimum atomic E-state index is -0.503. The first-order valence-corrected chi connectivity index (χ1v) is 7.75. The highest BCUT2D eigenvalue weighted by Gasteiger charge is 2.56. The molecule has 2 unspecified atom stereocenters. The van der Waals surface area contributed by atoms with E-state index in [1.807, 2.05) is 0 Å². The number of nitrogens with zero attached hydrogens (tertiary/aromatic N) is 1. The number of nitro benzene ring substituents is 1. The Balaban J connectivity index is 1.88. The summed E-state index contributed by atoms with van der Waals surface area (Å²) in [5.41, 5.74) is 5.97. The average Bonchev–Trinajstić information content (AvgIpc) is 2.94. The smallest absolute Gasteiger partial charge is 0.312 e. The molecule has 3 rings (SSSR count). The van der Waals surface area contributed by atoms with Crippen molar-refractivity contribution in [2.45, 2.75) is 44.2 Å². The zero-order valence-corrected chi connectivity index (χ0v) is 12.9. The van der Waals surface area contributed by atoms with Crippen molar-refractivity contribution in [3.8, 4) is 5.75 Å². The molecule has 2 fully saturated rings. The van der Waals surface area contributed by atoms with Crippen molar-refractivity contribution in [3.05, 3.63) is 32.3 Å². The lowest BCUT2D eigenvalue weighted by molar-refractivity contribution is -0.386. The van der Waals surface area contributed by atoms with Crippen molar-refractivity contribution in [2.75, 3.05) is 0 Å². The third kappa shape index (κ3) is 2.37. The van der Waals surface area contributed by atoms with Gasteiger partial charge in [-0.05, 0) is 12.8 Å². The average molecular weight is 331 g/mol. The molecule has 2 aliphatic carbocycles. The van der Waals surface area contributed by atoms with Gasteiger partial charge in [-0.2, -0.15) is 0 Å². The van der Waals surface area contributed by atoms with E-state index in [9.17, 15) is 10.1 Å². The normalized spacial score (nSPS) is 26.6. The number of nitrogens with two attached hydrogens (primary N) is 1. The second-order valence-corrected chi connectivity index (χ2v) is 6.69. The molecule has 0 saturated heterocycles. The molecular formula is C14H16Cl2N2O3. The highest BCUT2D eigenvalue weighted by molar-refractivity contribution is 6.42. The van der Waals surface area contributed by atoms with Gasteiger partial charge in [0, 0.05) is 30.0 Å². The van der Waals surface area contributed by atoms with Gasteiger partial charge < -0.3 is 10.5 Å². The molecule has 1 aromatic rings. The van der Waals surface area contributed by atoms with Crippen LogP contribution in [-0.4, -0.2) is 17.1 Å². The van der Waals surface area contributed by atoms with Crippen LogP contribution in [0.3, 0.4) is 0 Å². The summed E-state index contributed by atoms with van der Waals surface area (Å²) in [4.78, 5) is 10.6. The lowest BCUT2D eigenvalue weighted by Crippen LogP contribution is -2.62. The molecule has 0 aliphatic heterocycles. The Labute approximate surface area is 132 Å². The monoisotopic (exact) mass is 330 g/mol. The van der Waals surface area contributed by atoms with E-state index < -0.39 is 4.92 Å². The number of halogens is 2. The van der Waals surface area contributed by atoms with Gasteiger partial charge >= 0.3 is 5.69 Å². The van der Waals surface area contributed by atoms with Gasteiger partial charge in [0.2, 0.25) is 0 Å². The predicted octanol–water partition coefficient (Wildman–Crippen LogP) is 3.94. The van der Waals surface area contributed by atoms with Crippen LogP contribution >= 0.6 is 23.2 Å². The van der Waals surface area contributed by atoms with Crippen LogP contribution in [0, 0.1) is 15.5 Å². The largest absolute Gasteiger partial charge is 0.483 e. The molecule has 0 bridgehead atoms. The second-order valence-electron chi connectivity index (χ2n) is 5.88. The lowest BCUT2D eigenvalue weighted by Gasteiger charge is -2.52. The zero-order valence-electron chi connectivity index (χ0n) is 11.4. The van der Waals surface area contributed by atoms with E-state index in [-0.39, 0.29) is 39.0 Å². The third-order valence-corrected chi connectivity index (χ3v) is 5.57. The topological polar surface area (TPSA) is 78.4 Å². The minimum absolute atomic E-state index is 0.0278. The van der Waals surface area contributed by atoms with Gasteiger partial charge in [-0.15, -0.1) is 0 Å². The summed E-state index contributed by atoms with van der Waals surface area (Å²) in [6.07, 6.45) is 4.96. The fraction of sp³-hybridized carbons (Fsp3) is 0.571. The predicted molar refractivity (Wildman–Crippen MR) is 81.0 cm³/mol. The number of hydrogen-bond acceptors (Lipinski definition) is 4. The van der Waals surface area contributed by atoms with E-state index >= 15 is 0 Å². The summed E-state index contributed by atoms with van der Waals surface area (Å²) in [6.45, 7) is 0. The second kappa shape index (κ2) is 5.30. The molecule has 2 saturated carbocycles. The molecule has 0 aromatic heterocycles. The van der Waals surface area contributed by atoms with Crippen LogP contribution in [0.15, 0.2) is 12.1 Å². The van der Waals surface area contributed by atoms with Gasteiger partial charge in [-0.25, -0.2) is 0 Å². The number of benzene rings is 1. The Kier molecular flexibility index (Phi) is 3.76. The van der Waals surface area contributed by atoms with E-state index in [1.54, 1.807) is 0 Å². The van der Waals surface area contributed by atoms with Gasteiger partial charge in [0.05, 0.1) is 15.0 Å². The molecule has 2 atom stereocenters. The Morgan fingerprint density at radius 1 is 1.29 bits per heavy atom. The fourth-order valence-corrected chi connectivity index (χ4v) is 3.89. The lowest BCUT2D eigenvalue weighted by atomic mass is 9.61. The molecule has 21 heavy (non-hydrogen) atoms. The van der Waals surface area contributed by atoms with Crippen LogP contribution in [-0.2, 0) is 0 Å². The number of nitro groups is 1. The Hall–Kier alpha value is -1.04. The van der Waals surface area contributed by atoms with Crippen LogP contribution in [0.2, 0.25) is 10.0 Å². The van der Waals surface area contributed by atoms with E-state index in [0.29, 0.717) is 0 Å². The van der Waals surface area contributed by atoms with Gasteiger partial charge in [0.1, 0.15) is 6.10 Å². The maximum Gasteiger partial charge on any atom is 0.312 e. The molecule has 2 aliphatic rings. The molecule has 1 spiro atoms. The Bertz CT molecular complexity index is 588. The highest BCUT2D eigenvalue weighted by Crippen LogP contribution is 2.54. The Morgan fingerprint density at radius 3 is 2.48 bits per heavy atom. The number of rotatable bonds is 3. The summed E-state index contributed by atoms with van der Waals surface area (Å²) in [5, 5.41) is 11.6. The SMILES string of the molecule is NC1CC(Oc2cc(Cl)c(Cl)cc2[N+](=O)[O-])C12CCCC2. The Morgan fingerprint density at radius 2 is 1.90 bits per heavy atom. The van der Waals surface area contributed by atoms with Gasteiger partial charge in [0.15, 0.2) is 5.75 Å². The molecule has 7 heteroatoms. The first-order valence-electron chi connectivity index (χ1n) is 7.00. The van der Waals surface area contributed by atoms with Crippen molar-refractivity contribution in [1.29, 1.82) is 0 Å². The molecule has 114 valence electrons. The van der Waals surface area contributed by atoms with Crippen LogP contribution in [0.5, 0.6) is 5.75 Å². The highest BCUT2D eigenvalue weighted by atomic mass is 35.5. The molecule has 2 N–H and O–H groups in total. The molecule has 0 heterocycles. The summed E-state index contributed by atoms with van der Waals surface area (Å²) in [5.74, 6) is 0.178. The zero-order chi connectivity index (χ0) is 15.2. The minimum Gasteiger partial charge on any atom is -0.483 e. The van der Waals surface area contributed by atoms with E-state index in [1.165, 1.54) is 12.1 Å². The first kappa shape index (κ1) is 14.9. The first-order chi connectivity index (χ1) is 9.94. The van der Waals surface area contributed by atoms with Crippen LogP contribution in [0.25, 0.3) is 0 Å². The van der Waals surface area contributed by atoms with E-state index in [2.05, 4.69) is 0 Å². The number of ether oxygens (including phenoxy) is 1. The summed E-state index contributed by atoms with van der Waals surface area (Å²) in [7, 11) is 0.